The monoisotopic (exact) mass is 300 g/mol. The zero-order chi connectivity index (χ0) is 15.9. The van der Waals surface area contributed by atoms with E-state index in [1.807, 2.05) is 6.92 Å². The van der Waals surface area contributed by atoms with Crippen LogP contribution < -0.4 is 10.1 Å². The van der Waals surface area contributed by atoms with Gasteiger partial charge in [-0.05, 0) is 30.7 Å². The average Bonchev–Trinajstić information content (AvgIpc) is 2.48. The molecule has 1 aromatic heterocycles. The van der Waals surface area contributed by atoms with Gasteiger partial charge in [0.25, 0.3) is 0 Å². The first kappa shape index (κ1) is 14.2. The topological polar surface area (TPSA) is 91.7 Å². The zero-order valence-electron chi connectivity index (χ0n) is 12.3. The number of aryl methyl sites for hydroxylation is 1. The van der Waals surface area contributed by atoms with E-state index < -0.39 is 5.92 Å². The fourth-order valence-corrected chi connectivity index (χ4v) is 2.71. The maximum Gasteiger partial charge on any atom is 0.225 e. The molecule has 0 bridgehead atoms. The largest absolute Gasteiger partial charge is 0.506 e. The molecule has 0 saturated heterocycles. The van der Waals surface area contributed by atoms with Crippen molar-refractivity contribution >= 4 is 11.6 Å². The van der Waals surface area contributed by atoms with Crippen molar-refractivity contribution in [3.63, 3.8) is 0 Å². The van der Waals surface area contributed by atoms with E-state index in [9.17, 15) is 15.0 Å². The second kappa shape index (κ2) is 5.22. The number of carbonyl (C=O) groups excluding carboxylic acids is 1. The molecule has 0 radical (unpaired) electrons. The summed E-state index contributed by atoms with van der Waals surface area (Å²) in [5.74, 6) is -0.276. The summed E-state index contributed by atoms with van der Waals surface area (Å²) < 4.78 is 5.13. The van der Waals surface area contributed by atoms with Gasteiger partial charge >= 0.3 is 0 Å². The predicted octanol–water partition coefficient (Wildman–Crippen LogP) is 2.28. The highest BCUT2D eigenvalue weighted by molar-refractivity contribution is 5.96. The lowest BCUT2D eigenvalue weighted by atomic mass is 9.86. The third kappa shape index (κ3) is 2.32. The van der Waals surface area contributed by atoms with Crippen molar-refractivity contribution in [2.24, 2.45) is 0 Å². The van der Waals surface area contributed by atoms with E-state index in [1.54, 1.807) is 18.2 Å². The highest BCUT2D eigenvalue weighted by atomic mass is 16.5. The van der Waals surface area contributed by atoms with Gasteiger partial charge in [0.05, 0.1) is 12.8 Å². The first-order valence-electron chi connectivity index (χ1n) is 6.87. The summed E-state index contributed by atoms with van der Waals surface area (Å²) in [5.41, 5.74) is 2.46. The molecule has 1 aromatic carbocycles. The van der Waals surface area contributed by atoms with Crippen LogP contribution in [-0.4, -0.2) is 28.2 Å². The Morgan fingerprint density at radius 3 is 2.77 bits per heavy atom. The Hall–Kier alpha value is -2.76. The lowest BCUT2D eigenvalue weighted by Gasteiger charge is -2.26. The molecule has 3 rings (SSSR count). The van der Waals surface area contributed by atoms with Crippen molar-refractivity contribution in [3.05, 3.63) is 41.2 Å². The van der Waals surface area contributed by atoms with Crippen molar-refractivity contribution in [1.82, 2.24) is 4.98 Å². The molecule has 2 heterocycles. The minimum absolute atomic E-state index is 0.0447. The highest BCUT2D eigenvalue weighted by Crippen LogP contribution is 2.43. The summed E-state index contributed by atoms with van der Waals surface area (Å²) in [6.07, 6.45) is 0.172. The number of hydrogen-bond acceptors (Lipinski definition) is 5. The molecule has 114 valence electrons. The average molecular weight is 300 g/mol. The fourth-order valence-electron chi connectivity index (χ4n) is 2.71. The summed E-state index contributed by atoms with van der Waals surface area (Å²) in [6, 6.07) is 6.39. The van der Waals surface area contributed by atoms with Crippen molar-refractivity contribution in [2.75, 3.05) is 12.4 Å². The van der Waals surface area contributed by atoms with E-state index >= 15 is 0 Å². The smallest absolute Gasteiger partial charge is 0.225 e. The molecule has 1 atom stereocenters. The third-order valence-electron chi connectivity index (χ3n) is 3.76. The molecule has 0 spiro atoms. The van der Waals surface area contributed by atoms with Crippen LogP contribution in [0.4, 0.5) is 5.69 Å². The van der Waals surface area contributed by atoms with Gasteiger partial charge in [-0.3, -0.25) is 9.78 Å². The minimum atomic E-state index is -0.391. The number of rotatable bonds is 2. The lowest BCUT2D eigenvalue weighted by Crippen LogP contribution is -2.24. The fraction of sp³-hybridized carbons (Fsp3) is 0.250. The summed E-state index contributed by atoms with van der Waals surface area (Å²) in [5, 5.41) is 22.7. The molecule has 0 fully saturated rings. The van der Waals surface area contributed by atoms with E-state index in [4.69, 9.17) is 4.74 Å². The number of hydrogen-bond donors (Lipinski definition) is 3. The number of phenolic OH excluding ortho intramolecular Hbond substituents is 1. The number of aromatic nitrogens is 1. The first-order valence-corrected chi connectivity index (χ1v) is 6.87. The van der Waals surface area contributed by atoms with Gasteiger partial charge in [0.2, 0.25) is 5.91 Å². The Kier molecular flexibility index (Phi) is 3.36. The molecule has 1 aliphatic rings. The van der Waals surface area contributed by atoms with Crippen LogP contribution in [0.25, 0.3) is 0 Å². The standard InChI is InChI=1S/C16H16N2O4/c1-8-3-4-12(19)16(17-8)10-6-15(21)18-11-7-13(20)14(22-2)5-9(10)11/h3-5,7,10,19-20H,6H2,1-2H3,(H,18,21). The minimum Gasteiger partial charge on any atom is -0.506 e. The normalized spacial score (nSPS) is 16.8. The number of anilines is 1. The first-order chi connectivity index (χ1) is 10.5. The van der Waals surface area contributed by atoms with Crippen LogP contribution in [0.1, 0.15) is 29.3 Å². The van der Waals surface area contributed by atoms with Crippen molar-refractivity contribution < 1.29 is 19.7 Å². The number of methoxy groups -OCH3 is 1. The van der Waals surface area contributed by atoms with Crippen LogP contribution in [0.5, 0.6) is 17.2 Å². The summed E-state index contributed by atoms with van der Waals surface area (Å²) in [6.45, 7) is 1.82. The van der Waals surface area contributed by atoms with Crippen LogP contribution in [0.2, 0.25) is 0 Å². The Morgan fingerprint density at radius 2 is 2.05 bits per heavy atom. The number of nitrogens with zero attached hydrogens (tertiary/aromatic N) is 1. The van der Waals surface area contributed by atoms with Crippen LogP contribution in [-0.2, 0) is 4.79 Å². The van der Waals surface area contributed by atoms with Crippen LogP contribution in [0.15, 0.2) is 24.3 Å². The second-order valence-electron chi connectivity index (χ2n) is 5.27. The molecular weight excluding hydrogens is 284 g/mol. The highest BCUT2D eigenvalue weighted by Gasteiger charge is 2.30. The zero-order valence-corrected chi connectivity index (χ0v) is 12.3. The molecule has 6 nitrogen and oxygen atoms in total. The van der Waals surface area contributed by atoms with Crippen LogP contribution in [0, 0.1) is 6.92 Å². The molecule has 1 aliphatic heterocycles. The molecule has 0 saturated carbocycles. The Bertz CT molecular complexity index is 758. The molecule has 1 unspecified atom stereocenters. The summed E-state index contributed by atoms with van der Waals surface area (Å²) in [4.78, 5) is 16.3. The predicted molar refractivity (Wildman–Crippen MR) is 80.4 cm³/mol. The Morgan fingerprint density at radius 1 is 1.27 bits per heavy atom. The van der Waals surface area contributed by atoms with Gasteiger partial charge in [0.1, 0.15) is 5.75 Å². The number of phenols is 1. The molecule has 3 N–H and O–H groups in total. The maximum absolute atomic E-state index is 11.9. The SMILES string of the molecule is COc1cc2c(cc1O)NC(=O)CC2c1nc(C)ccc1O. The van der Waals surface area contributed by atoms with Gasteiger partial charge in [-0.2, -0.15) is 0 Å². The quantitative estimate of drug-likeness (QED) is 0.791. The Balaban J connectivity index is 2.18. The van der Waals surface area contributed by atoms with Crippen molar-refractivity contribution in [3.8, 4) is 17.2 Å². The van der Waals surface area contributed by atoms with E-state index in [1.165, 1.54) is 13.2 Å². The summed E-state index contributed by atoms with van der Waals surface area (Å²) >= 11 is 0. The molecule has 0 aliphatic carbocycles. The molecule has 22 heavy (non-hydrogen) atoms. The second-order valence-corrected chi connectivity index (χ2v) is 5.27. The number of nitrogens with one attached hydrogen (secondary N) is 1. The number of amides is 1. The van der Waals surface area contributed by atoms with Gasteiger partial charge in [-0.1, -0.05) is 0 Å². The van der Waals surface area contributed by atoms with E-state index in [0.29, 0.717) is 17.1 Å². The molecular formula is C16H16N2O4. The number of fused-ring (bicyclic) bond motifs is 1. The number of carbonyl (C=O) groups is 1. The van der Waals surface area contributed by atoms with Gasteiger partial charge in [-0.15, -0.1) is 0 Å². The molecule has 2 aromatic rings. The number of pyridine rings is 1. The van der Waals surface area contributed by atoms with Crippen LogP contribution in [0.3, 0.4) is 0 Å². The Labute approximate surface area is 127 Å². The van der Waals surface area contributed by atoms with E-state index in [-0.39, 0.29) is 23.8 Å². The van der Waals surface area contributed by atoms with Gasteiger partial charge in [-0.25, -0.2) is 0 Å². The number of ether oxygens (including phenoxy) is 1. The van der Waals surface area contributed by atoms with E-state index in [2.05, 4.69) is 10.3 Å². The third-order valence-corrected chi connectivity index (χ3v) is 3.76. The summed E-state index contributed by atoms with van der Waals surface area (Å²) in [7, 11) is 1.46. The van der Waals surface area contributed by atoms with E-state index in [0.717, 1.165) is 11.3 Å². The lowest BCUT2D eigenvalue weighted by molar-refractivity contribution is -0.116. The van der Waals surface area contributed by atoms with Gasteiger partial charge in [0.15, 0.2) is 11.5 Å². The molecule has 1 amide bonds. The van der Waals surface area contributed by atoms with Crippen molar-refractivity contribution in [2.45, 2.75) is 19.3 Å². The van der Waals surface area contributed by atoms with Crippen molar-refractivity contribution in [1.29, 1.82) is 0 Å². The maximum atomic E-state index is 11.9. The van der Waals surface area contributed by atoms with Gasteiger partial charge in [0, 0.05) is 29.8 Å². The van der Waals surface area contributed by atoms with Gasteiger partial charge < -0.3 is 20.3 Å². The molecule has 6 heteroatoms. The number of aromatic hydroxyl groups is 2. The van der Waals surface area contributed by atoms with Crippen LogP contribution >= 0.6 is 0 Å². The number of benzene rings is 1.